The van der Waals surface area contributed by atoms with Gasteiger partial charge in [0.25, 0.3) is 0 Å². The summed E-state index contributed by atoms with van der Waals surface area (Å²) >= 11 is 3.28. The van der Waals surface area contributed by atoms with E-state index in [9.17, 15) is 8.42 Å². The fourth-order valence-electron chi connectivity index (χ4n) is 2.43. The van der Waals surface area contributed by atoms with E-state index in [-0.39, 0.29) is 0 Å². The van der Waals surface area contributed by atoms with Crippen molar-refractivity contribution in [2.45, 2.75) is 24.8 Å². The zero-order valence-corrected chi connectivity index (χ0v) is 16.9. The molecule has 136 valence electrons. The summed E-state index contributed by atoms with van der Waals surface area (Å²) in [6.45, 7) is 3.04. The van der Waals surface area contributed by atoms with Gasteiger partial charge < -0.3 is 15.1 Å². The second-order valence-electron chi connectivity index (χ2n) is 5.68. The first-order valence-electron chi connectivity index (χ1n) is 7.78. The number of hydrogen-bond acceptors (Lipinski definition) is 4. The Labute approximate surface area is 156 Å². The number of sulfone groups is 1. The molecule has 0 aliphatic rings. The Bertz CT molecular complexity index is 860. The molecule has 25 heavy (non-hydrogen) atoms. The minimum Gasteiger partial charge on any atom is -0.454 e. The summed E-state index contributed by atoms with van der Waals surface area (Å²) in [7, 11) is -1.49. The van der Waals surface area contributed by atoms with E-state index >= 15 is 0 Å². The van der Waals surface area contributed by atoms with Crippen molar-refractivity contribution in [2.24, 2.45) is 4.99 Å². The molecule has 0 unspecified atom stereocenters. The lowest BCUT2D eigenvalue weighted by Crippen LogP contribution is -2.37. The topological polar surface area (TPSA) is 83.7 Å². The molecule has 0 atom stereocenters. The molecular formula is C17H22BrN3O3S. The van der Waals surface area contributed by atoms with Crippen LogP contribution in [-0.2, 0) is 22.8 Å². The summed E-state index contributed by atoms with van der Waals surface area (Å²) in [5, 5.41) is 6.43. The van der Waals surface area contributed by atoms with Crippen LogP contribution in [0.5, 0.6) is 0 Å². The van der Waals surface area contributed by atoms with Gasteiger partial charge in [0.15, 0.2) is 20.5 Å². The van der Waals surface area contributed by atoms with Crippen molar-refractivity contribution in [2.75, 3.05) is 19.8 Å². The maximum Gasteiger partial charge on any atom is 0.191 e. The number of nitrogens with zero attached hydrogens (tertiary/aromatic N) is 1. The van der Waals surface area contributed by atoms with Crippen molar-refractivity contribution >= 4 is 31.7 Å². The number of nitrogens with one attached hydrogen (secondary N) is 2. The Hall–Kier alpha value is -1.80. The third-order valence-corrected chi connectivity index (χ3v) is 5.30. The molecule has 0 bridgehead atoms. The van der Waals surface area contributed by atoms with Gasteiger partial charge in [0, 0.05) is 32.8 Å². The van der Waals surface area contributed by atoms with Crippen molar-refractivity contribution in [3.63, 3.8) is 0 Å². The van der Waals surface area contributed by atoms with Gasteiger partial charge in [-0.15, -0.1) is 0 Å². The molecule has 6 nitrogen and oxygen atoms in total. The largest absolute Gasteiger partial charge is 0.454 e. The van der Waals surface area contributed by atoms with Crippen LogP contribution in [0.15, 0.2) is 49.3 Å². The van der Waals surface area contributed by atoms with Crippen LogP contribution >= 0.6 is 15.9 Å². The Morgan fingerprint density at radius 3 is 2.56 bits per heavy atom. The molecule has 1 aromatic carbocycles. The van der Waals surface area contributed by atoms with E-state index in [1.165, 1.54) is 6.26 Å². The van der Waals surface area contributed by atoms with E-state index in [4.69, 9.17) is 4.42 Å². The predicted octanol–water partition coefficient (Wildman–Crippen LogP) is 2.66. The molecule has 0 aliphatic carbocycles. The standard InChI is InChI=1S/C17H22BrN3O3S/c1-12-10-13(4-6-15(12)25(3,22)23)11-21-17(19-2)20-9-8-14-5-7-16(18)24-14/h4-7,10H,8-9,11H2,1-3H3,(H2,19,20,21). The maximum atomic E-state index is 11.7. The van der Waals surface area contributed by atoms with Gasteiger partial charge in [0.05, 0.1) is 4.90 Å². The maximum absolute atomic E-state index is 11.7. The van der Waals surface area contributed by atoms with Crippen molar-refractivity contribution in [3.8, 4) is 0 Å². The van der Waals surface area contributed by atoms with Crippen LogP contribution in [0.3, 0.4) is 0 Å². The van der Waals surface area contributed by atoms with Gasteiger partial charge in [0.1, 0.15) is 5.76 Å². The Morgan fingerprint density at radius 2 is 2.00 bits per heavy atom. The molecule has 0 fully saturated rings. The lowest BCUT2D eigenvalue weighted by Gasteiger charge is -2.12. The van der Waals surface area contributed by atoms with Gasteiger partial charge in [-0.25, -0.2) is 8.42 Å². The van der Waals surface area contributed by atoms with Crippen LogP contribution < -0.4 is 10.6 Å². The van der Waals surface area contributed by atoms with E-state index in [2.05, 4.69) is 31.6 Å². The molecule has 2 rings (SSSR count). The molecule has 1 aromatic heterocycles. The van der Waals surface area contributed by atoms with Crippen LogP contribution in [0.1, 0.15) is 16.9 Å². The van der Waals surface area contributed by atoms with E-state index in [0.717, 1.165) is 28.0 Å². The first kappa shape index (κ1) is 19.5. The van der Waals surface area contributed by atoms with Crippen molar-refractivity contribution < 1.29 is 12.8 Å². The number of guanidine groups is 1. The predicted molar refractivity (Wildman–Crippen MR) is 103 cm³/mol. The van der Waals surface area contributed by atoms with Gasteiger partial charge in [0.2, 0.25) is 0 Å². The van der Waals surface area contributed by atoms with Gasteiger partial charge >= 0.3 is 0 Å². The van der Waals surface area contributed by atoms with Gasteiger partial charge in [-0.2, -0.15) is 0 Å². The minimum atomic E-state index is -3.19. The van der Waals surface area contributed by atoms with E-state index in [0.29, 0.717) is 23.9 Å². The third kappa shape index (κ3) is 5.89. The van der Waals surface area contributed by atoms with Crippen molar-refractivity contribution in [1.82, 2.24) is 10.6 Å². The Balaban J connectivity index is 1.87. The number of aryl methyl sites for hydroxylation is 1. The normalized spacial score (nSPS) is 12.2. The highest BCUT2D eigenvalue weighted by molar-refractivity contribution is 9.10. The fraction of sp³-hybridized carbons (Fsp3) is 0.353. The summed E-state index contributed by atoms with van der Waals surface area (Å²) in [4.78, 5) is 4.54. The zero-order chi connectivity index (χ0) is 18.4. The molecule has 2 N–H and O–H groups in total. The third-order valence-electron chi connectivity index (χ3n) is 3.62. The number of hydrogen-bond donors (Lipinski definition) is 2. The number of furan rings is 1. The number of rotatable bonds is 6. The first-order valence-corrected chi connectivity index (χ1v) is 10.5. The van der Waals surface area contributed by atoms with Crippen LogP contribution in [0.4, 0.5) is 0 Å². The van der Waals surface area contributed by atoms with Gasteiger partial charge in [-0.05, 0) is 52.2 Å². The van der Waals surface area contributed by atoms with E-state index in [1.54, 1.807) is 20.0 Å². The lowest BCUT2D eigenvalue weighted by molar-refractivity contribution is 0.486. The number of aliphatic imine (C=N–C) groups is 1. The molecule has 8 heteroatoms. The molecule has 0 aliphatic heterocycles. The average molecular weight is 428 g/mol. The molecule has 0 spiro atoms. The molecule has 1 heterocycles. The average Bonchev–Trinajstić information content (AvgIpc) is 2.95. The summed E-state index contributed by atoms with van der Waals surface area (Å²) in [6, 6.07) is 9.12. The van der Waals surface area contributed by atoms with Crippen LogP contribution in [0.2, 0.25) is 0 Å². The molecule has 0 saturated heterocycles. The second kappa shape index (κ2) is 8.53. The van der Waals surface area contributed by atoms with E-state index in [1.807, 2.05) is 24.3 Å². The second-order valence-corrected chi connectivity index (χ2v) is 8.45. The molecule has 2 aromatic rings. The zero-order valence-electron chi connectivity index (χ0n) is 14.5. The van der Waals surface area contributed by atoms with Crippen LogP contribution in [0.25, 0.3) is 0 Å². The van der Waals surface area contributed by atoms with Crippen molar-refractivity contribution in [1.29, 1.82) is 0 Å². The number of halogens is 1. The Morgan fingerprint density at radius 1 is 1.24 bits per heavy atom. The highest BCUT2D eigenvalue weighted by Gasteiger charge is 2.11. The lowest BCUT2D eigenvalue weighted by atomic mass is 10.1. The molecule has 0 radical (unpaired) electrons. The highest BCUT2D eigenvalue weighted by atomic mass is 79.9. The van der Waals surface area contributed by atoms with Gasteiger partial charge in [-0.3, -0.25) is 4.99 Å². The van der Waals surface area contributed by atoms with Gasteiger partial charge in [-0.1, -0.05) is 12.1 Å². The molecule has 0 amide bonds. The molecular weight excluding hydrogens is 406 g/mol. The minimum absolute atomic E-state index is 0.364. The SMILES string of the molecule is CN=C(NCCc1ccc(Br)o1)NCc1ccc(S(C)(=O)=O)c(C)c1. The summed E-state index contributed by atoms with van der Waals surface area (Å²) in [5.74, 6) is 1.57. The van der Waals surface area contributed by atoms with Crippen LogP contribution in [0, 0.1) is 6.92 Å². The summed E-state index contributed by atoms with van der Waals surface area (Å²) in [5.41, 5.74) is 1.73. The first-order chi connectivity index (χ1) is 11.8. The monoisotopic (exact) mass is 427 g/mol. The molecule has 0 saturated carbocycles. The summed E-state index contributed by atoms with van der Waals surface area (Å²) < 4.78 is 29.5. The number of benzene rings is 1. The summed E-state index contributed by atoms with van der Waals surface area (Å²) in [6.07, 6.45) is 1.96. The Kier molecular flexibility index (Phi) is 6.66. The quantitative estimate of drug-likeness (QED) is 0.546. The highest BCUT2D eigenvalue weighted by Crippen LogP contribution is 2.16. The van der Waals surface area contributed by atoms with Crippen LogP contribution in [-0.4, -0.2) is 34.2 Å². The fourth-order valence-corrected chi connectivity index (χ4v) is 3.73. The van der Waals surface area contributed by atoms with Crippen molar-refractivity contribution in [3.05, 3.63) is 51.9 Å². The van der Waals surface area contributed by atoms with E-state index < -0.39 is 9.84 Å². The smallest absolute Gasteiger partial charge is 0.191 e.